The number of fused-ring (bicyclic) bond motifs is 2. The van der Waals surface area contributed by atoms with Crippen molar-refractivity contribution in [1.82, 2.24) is 19.6 Å². The summed E-state index contributed by atoms with van der Waals surface area (Å²) in [5.74, 6) is 1.10. The summed E-state index contributed by atoms with van der Waals surface area (Å²) in [5, 5.41) is 2.88. The molecule has 5 rings (SSSR count). The van der Waals surface area contributed by atoms with Crippen molar-refractivity contribution >= 4 is 17.3 Å². The van der Waals surface area contributed by atoms with Gasteiger partial charge in [0.15, 0.2) is 17.2 Å². The van der Waals surface area contributed by atoms with Crippen LogP contribution in [-0.2, 0) is 6.54 Å². The Morgan fingerprint density at radius 2 is 1.90 bits per heavy atom. The number of carbonyl (C=O) groups excluding carboxylic acids is 2. The van der Waals surface area contributed by atoms with Gasteiger partial charge in [-0.2, -0.15) is 0 Å². The number of imidazole rings is 1. The molecule has 1 N–H and O–H groups in total. The third-order valence-corrected chi connectivity index (χ3v) is 5.24. The van der Waals surface area contributed by atoms with Crippen LogP contribution in [0.25, 0.3) is 5.52 Å². The number of aromatic nitrogens is 2. The minimum absolute atomic E-state index is 0.124. The zero-order valence-corrected chi connectivity index (χ0v) is 15.8. The summed E-state index contributed by atoms with van der Waals surface area (Å²) < 4.78 is 12.3. The maximum absolute atomic E-state index is 12.9. The minimum Gasteiger partial charge on any atom is -0.454 e. The molecule has 0 atom stereocenters. The van der Waals surface area contributed by atoms with Crippen molar-refractivity contribution in [3.05, 3.63) is 59.7 Å². The maximum atomic E-state index is 12.9. The zero-order chi connectivity index (χ0) is 19.8. The first-order valence-corrected chi connectivity index (χ1v) is 9.64. The molecule has 0 aliphatic carbocycles. The molecule has 0 saturated carbocycles. The molecule has 2 amide bonds. The Bertz CT molecular complexity index is 1100. The molecule has 2 aliphatic heterocycles. The van der Waals surface area contributed by atoms with Gasteiger partial charge in [0.05, 0.1) is 5.52 Å². The summed E-state index contributed by atoms with van der Waals surface area (Å²) >= 11 is 0. The Balaban J connectivity index is 1.39. The molecule has 4 heterocycles. The largest absolute Gasteiger partial charge is 0.454 e. The fraction of sp³-hybridized carbons (Fsp3) is 0.286. The second-order valence-electron chi connectivity index (χ2n) is 7.11. The molecule has 0 radical (unpaired) electrons. The molecule has 0 spiro atoms. The van der Waals surface area contributed by atoms with Crippen LogP contribution in [0, 0.1) is 0 Å². The van der Waals surface area contributed by atoms with Gasteiger partial charge in [0.1, 0.15) is 0 Å². The van der Waals surface area contributed by atoms with Gasteiger partial charge in [0.25, 0.3) is 11.8 Å². The van der Waals surface area contributed by atoms with Crippen LogP contribution >= 0.6 is 0 Å². The molecule has 2 aromatic heterocycles. The van der Waals surface area contributed by atoms with Crippen LogP contribution in [0.4, 0.5) is 0 Å². The van der Waals surface area contributed by atoms with E-state index in [1.54, 1.807) is 15.5 Å². The molecule has 148 valence electrons. The first-order chi connectivity index (χ1) is 14.2. The SMILES string of the molecule is O=C(NCc1ccc2c(c1)OCO2)c1nc(C(=O)N2CCCC2)c2ccccn12. The van der Waals surface area contributed by atoms with E-state index in [1.165, 1.54) is 0 Å². The molecule has 29 heavy (non-hydrogen) atoms. The van der Waals surface area contributed by atoms with Gasteiger partial charge in [-0.15, -0.1) is 0 Å². The fourth-order valence-electron chi connectivity index (χ4n) is 3.74. The highest BCUT2D eigenvalue weighted by Gasteiger charge is 2.26. The number of pyridine rings is 1. The van der Waals surface area contributed by atoms with Gasteiger partial charge < -0.3 is 19.7 Å². The monoisotopic (exact) mass is 392 g/mol. The summed E-state index contributed by atoms with van der Waals surface area (Å²) in [6.45, 7) is 1.98. The summed E-state index contributed by atoms with van der Waals surface area (Å²) in [4.78, 5) is 31.9. The van der Waals surface area contributed by atoms with Crippen LogP contribution < -0.4 is 14.8 Å². The van der Waals surface area contributed by atoms with E-state index in [0.29, 0.717) is 29.3 Å². The maximum Gasteiger partial charge on any atom is 0.287 e. The standard InChI is InChI=1S/C21H20N4O4/c26-20(22-12-14-6-7-16-17(11-14)29-13-28-16)19-23-18(15-5-1-2-10-25(15)19)21(27)24-8-3-4-9-24/h1-2,5-7,10-11H,3-4,8-9,12-13H2,(H,22,26). The highest BCUT2D eigenvalue weighted by atomic mass is 16.7. The van der Waals surface area contributed by atoms with Gasteiger partial charge in [-0.1, -0.05) is 12.1 Å². The van der Waals surface area contributed by atoms with Crippen molar-refractivity contribution in [2.24, 2.45) is 0 Å². The molecule has 2 aliphatic rings. The normalized spacial score (nSPS) is 15.1. The molecule has 0 unspecified atom stereocenters. The molecular formula is C21H20N4O4. The molecule has 8 heteroatoms. The fourth-order valence-corrected chi connectivity index (χ4v) is 3.74. The molecule has 0 bridgehead atoms. The summed E-state index contributed by atoms with van der Waals surface area (Å²) in [6, 6.07) is 11.0. The van der Waals surface area contributed by atoms with E-state index in [-0.39, 0.29) is 24.4 Å². The van der Waals surface area contributed by atoms with E-state index in [9.17, 15) is 9.59 Å². The summed E-state index contributed by atoms with van der Waals surface area (Å²) in [5.41, 5.74) is 1.84. The minimum atomic E-state index is -0.343. The summed E-state index contributed by atoms with van der Waals surface area (Å²) in [7, 11) is 0. The predicted octanol–water partition coefficient (Wildman–Crippen LogP) is 2.23. The Morgan fingerprint density at radius 1 is 1.07 bits per heavy atom. The Labute approximate surface area is 167 Å². The van der Waals surface area contributed by atoms with Crippen LogP contribution in [0.1, 0.15) is 39.5 Å². The quantitative estimate of drug-likeness (QED) is 0.736. The van der Waals surface area contributed by atoms with Crippen molar-refractivity contribution in [2.75, 3.05) is 19.9 Å². The number of carbonyl (C=O) groups is 2. The number of nitrogens with zero attached hydrogens (tertiary/aromatic N) is 3. The third kappa shape index (κ3) is 3.16. The Kier molecular flexibility index (Phi) is 4.31. The first kappa shape index (κ1) is 17.5. The number of rotatable bonds is 4. The average molecular weight is 392 g/mol. The van der Waals surface area contributed by atoms with E-state index in [4.69, 9.17) is 9.47 Å². The molecule has 8 nitrogen and oxygen atoms in total. The Morgan fingerprint density at radius 3 is 2.76 bits per heavy atom. The number of nitrogens with one attached hydrogen (secondary N) is 1. The number of amides is 2. The van der Waals surface area contributed by atoms with Gasteiger partial charge in [0.2, 0.25) is 12.6 Å². The average Bonchev–Trinajstić information content (AvgIpc) is 3.50. The van der Waals surface area contributed by atoms with E-state index in [0.717, 1.165) is 31.5 Å². The van der Waals surface area contributed by atoms with Crippen molar-refractivity contribution < 1.29 is 19.1 Å². The molecular weight excluding hydrogens is 372 g/mol. The molecule has 1 saturated heterocycles. The van der Waals surface area contributed by atoms with Gasteiger partial charge in [-0.05, 0) is 42.7 Å². The number of ether oxygens (including phenoxy) is 2. The van der Waals surface area contributed by atoms with E-state index in [1.807, 2.05) is 36.4 Å². The number of likely N-dealkylation sites (tertiary alicyclic amines) is 1. The lowest BCUT2D eigenvalue weighted by atomic mass is 10.2. The topological polar surface area (TPSA) is 85.2 Å². The lowest BCUT2D eigenvalue weighted by Gasteiger charge is -2.13. The summed E-state index contributed by atoms with van der Waals surface area (Å²) in [6.07, 6.45) is 3.75. The van der Waals surface area contributed by atoms with Gasteiger partial charge >= 0.3 is 0 Å². The van der Waals surface area contributed by atoms with Crippen LogP contribution in [-0.4, -0.2) is 46.0 Å². The first-order valence-electron chi connectivity index (χ1n) is 9.64. The second kappa shape index (κ2) is 7.12. The lowest BCUT2D eigenvalue weighted by molar-refractivity contribution is 0.0789. The van der Waals surface area contributed by atoms with E-state index in [2.05, 4.69) is 10.3 Å². The Hall–Kier alpha value is -3.55. The zero-order valence-electron chi connectivity index (χ0n) is 15.8. The highest BCUT2D eigenvalue weighted by molar-refractivity contribution is 6.02. The van der Waals surface area contributed by atoms with Crippen LogP contribution in [0.5, 0.6) is 11.5 Å². The highest BCUT2D eigenvalue weighted by Crippen LogP contribution is 2.32. The molecule has 1 fully saturated rings. The van der Waals surface area contributed by atoms with Crippen LogP contribution in [0.15, 0.2) is 42.6 Å². The van der Waals surface area contributed by atoms with Crippen molar-refractivity contribution in [3.63, 3.8) is 0 Å². The van der Waals surface area contributed by atoms with Gasteiger partial charge in [-0.25, -0.2) is 4.98 Å². The molecule has 3 aromatic rings. The van der Waals surface area contributed by atoms with Crippen molar-refractivity contribution in [3.8, 4) is 11.5 Å². The van der Waals surface area contributed by atoms with E-state index < -0.39 is 0 Å². The van der Waals surface area contributed by atoms with Crippen LogP contribution in [0.2, 0.25) is 0 Å². The third-order valence-electron chi connectivity index (χ3n) is 5.24. The molecule has 1 aromatic carbocycles. The number of hydrogen-bond donors (Lipinski definition) is 1. The van der Waals surface area contributed by atoms with Gasteiger partial charge in [-0.3, -0.25) is 14.0 Å². The number of hydrogen-bond acceptors (Lipinski definition) is 5. The van der Waals surface area contributed by atoms with Gasteiger partial charge in [0, 0.05) is 25.8 Å². The van der Waals surface area contributed by atoms with Crippen LogP contribution in [0.3, 0.4) is 0 Å². The van der Waals surface area contributed by atoms with Crippen molar-refractivity contribution in [2.45, 2.75) is 19.4 Å². The number of benzene rings is 1. The second-order valence-corrected chi connectivity index (χ2v) is 7.11. The van der Waals surface area contributed by atoms with Crippen molar-refractivity contribution in [1.29, 1.82) is 0 Å². The van der Waals surface area contributed by atoms with E-state index >= 15 is 0 Å². The smallest absolute Gasteiger partial charge is 0.287 e. The predicted molar refractivity (Wildman–Crippen MR) is 104 cm³/mol. The lowest BCUT2D eigenvalue weighted by Crippen LogP contribution is -2.28.